The van der Waals surface area contributed by atoms with E-state index in [-0.39, 0.29) is 11.8 Å². The summed E-state index contributed by atoms with van der Waals surface area (Å²) in [5.74, 6) is -0.0904. The van der Waals surface area contributed by atoms with Crippen LogP contribution in [-0.4, -0.2) is 43.0 Å². The zero-order valence-electron chi connectivity index (χ0n) is 13.0. The van der Waals surface area contributed by atoms with E-state index < -0.39 is 0 Å². The number of morpholine rings is 1. The first kappa shape index (κ1) is 17.0. The summed E-state index contributed by atoms with van der Waals surface area (Å²) in [6, 6.07) is 10.7. The molecule has 2 aromatic rings. The average Bonchev–Trinajstić information content (AvgIpc) is 3.04. The minimum atomic E-state index is -0.191. The van der Waals surface area contributed by atoms with Gasteiger partial charge in [0.25, 0.3) is 5.91 Å². The Morgan fingerprint density at radius 1 is 1.12 bits per heavy atom. The molecule has 1 saturated heterocycles. The molecule has 7 heteroatoms. The Labute approximate surface area is 149 Å². The maximum absolute atomic E-state index is 12.2. The third kappa shape index (κ3) is 4.35. The number of carbonyl (C=O) groups excluding carboxylic acids is 2. The standard InChI is InChI=1S/C17H17ClN2O3S/c18-15-6-5-14(24-15)17(22)19-13-3-1-12(2-4-13)11-16(21)20-7-9-23-10-8-20/h1-6H,7-11H2,(H,19,22). The van der Waals surface area contributed by atoms with Crippen molar-refractivity contribution in [3.05, 3.63) is 51.2 Å². The monoisotopic (exact) mass is 364 g/mol. The van der Waals surface area contributed by atoms with Gasteiger partial charge >= 0.3 is 0 Å². The molecule has 0 radical (unpaired) electrons. The van der Waals surface area contributed by atoms with Crippen molar-refractivity contribution in [3.8, 4) is 0 Å². The molecule has 1 aromatic carbocycles. The number of thiophene rings is 1. The van der Waals surface area contributed by atoms with E-state index in [0.29, 0.717) is 47.6 Å². The van der Waals surface area contributed by atoms with E-state index in [1.807, 2.05) is 17.0 Å². The molecule has 5 nitrogen and oxygen atoms in total. The highest BCUT2D eigenvalue weighted by atomic mass is 35.5. The Balaban J connectivity index is 1.56. The first-order valence-corrected chi connectivity index (χ1v) is 8.82. The summed E-state index contributed by atoms with van der Waals surface area (Å²) in [5.41, 5.74) is 1.61. The van der Waals surface area contributed by atoms with Crippen molar-refractivity contribution in [3.63, 3.8) is 0 Å². The van der Waals surface area contributed by atoms with Crippen molar-refractivity contribution < 1.29 is 14.3 Å². The van der Waals surface area contributed by atoms with Gasteiger partial charge in [0.1, 0.15) is 0 Å². The molecule has 126 valence electrons. The predicted octanol–water partition coefficient (Wildman–Crippen LogP) is 3.06. The van der Waals surface area contributed by atoms with E-state index >= 15 is 0 Å². The molecule has 1 fully saturated rings. The molecule has 1 aromatic heterocycles. The van der Waals surface area contributed by atoms with Gasteiger partial charge in [-0.25, -0.2) is 0 Å². The summed E-state index contributed by atoms with van der Waals surface area (Å²) < 4.78 is 5.83. The molecule has 1 aliphatic rings. The second-order valence-corrected chi connectivity index (χ2v) is 7.14. The molecular formula is C17H17ClN2O3S. The Morgan fingerprint density at radius 2 is 1.83 bits per heavy atom. The van der Waals surface area contributed by atoms with Crippen LogP contribution >= 0.6 is 22.9 Å². The first-order chi connectivity index (χ1) is 11.6. The minimum Gasteiger partial charge on any atom is -0.378 e. The number of nitrogens with zero attached hydrogens (tertiary/aromatic N) is 1. The number of nitrogens with one attached hydrogen (secondary N) is 1. The number of ether oxygens (including phenoxy) is 1. The molecular weight excluding hydrogens is 348 g/mol. The van der Waals surface area contributed by atoms with Crippen LogP contribution in [0.5, 0.6) is 0 Å². The highest BCUT2D eigenvalue weighted by molar-refractivity contribution is 7.18. The van der Waals surface area contributed by atoms with E-state index in [1.54, 1.807) is 24.3 Å². The van der Waals surface area contributed by atoms with E-state index in [1.165, 1.54) is 11.3 Å². The summed E-state index contributed by atoms with van der Waals surface area (Å²) in [4.78, 5) is 26.7. The maximum atomic E-state index is 12.2. The van der Waals surface area contributed by atoms with Gasteiger partial charge in [0.15, 0.2) is 0 Å². The number of carbonyl (C=O) groups is 2. The van der Waals surface area contributed by atoms with Gasteiger partial charge in [-0.05, 0) is 29.8 Å². The zero-order valence-corrected chi connectivity index (χ0v) is 14.5. The number of amides is 2. The summed E-state index contributed by atoms with van der Waals surface area (Å²) in [6.45, 7) is 2.50. The number of hydrogen-bond acceptors (Lipinski definition) is 4. The van der Waals surface area contributed by atoms with Crippen molar-refractivity contribution in [2.45, 2.75) is 6.42 Å². The lowest BCUT2D eigenvalue weighted by Gasteiger charge is -2.26. The summed E-state index contributed by atoms with van der Waals surface area (Å²) in [7, 11) is 0. The fourth-order valence-corrected chi connectivity index (χ4v) is 3.37. The van der Waals surface area contributed by atoms with Gasteiger partial charge in [0.2, 0.25) is 5.91 Å². The quantitative estimate of drug-likeness (QED) is 0.907. The Kier molecular flexibility index (Phi) is 5.50. The lowest BCUT2D eigenvalue weighted by atomic mass is 10.1. The molecule has 3 rings (SSSR count). The second-order valence-electron chi connectivity index (χ2n) is 5.42. The fourth-order valence-electron chi connectivity index (χ4n) is 2.43. The van der Waals surface area contributed by atoms with Crippen LogP contribution in [0.3, 0.4) is 0 Å². The summed E-state index contributed by atoms with van der Waals surface area (Å²) in [5, 5.41) is 2.82. The van der Waals surface area contributed by atoms with Crippen molar-refractivity contribution in [2.75, 3.05) is 31.6 Å². The minimum absolute atomic E-state index is 0.100. The summed E-state index contributed by atoms with van der Waals surface area (Å²) >= 11 is 7.07. The molecule has 1 N–H and O–H groups in total. The van der Waals surface area contributed by atoms with Crippen molar-refractivity contribution >= 4 is 40.4 Å². The molecule has 0 saturated carbocycles. The third-order valence-corrected chi connectivity index (χ3v) is 4.96. The van der Waals surface area contributed by atoms with Gasteiger partial charge in [-0.3, -0.25) is 9.59 Å². The lowest BCUT2D eigenvalue weighted by molar-refractivity contribution is -0.134. The van der Waals surface area contributed by atoms with Gasteiger partial charge in [-0.15, -0.1) is 11.3 Å². The van der Waals surface area contributed by atoms with Crippen LogP contribution in [0.1, 0.15) is 15.2 Å². The van der Waals surface area contributed by atoms with Gasteiger partial charge in [0.05, 0.1) is 28.8 Å². The summed E-state index contributed by atoms with van der Waals surface area (Å²) in [6.07, 6.45) is 0.356. The molecule has 0 spiro atoms. The van der Waals surface area contributed by atoms with E-state index in [4.69, 9.17) is 16.3 Å². The van der Waals surface area contributed by atoms with Crippen LogP contribution in [0, 0.1) is 0 Å². The average molecular weight is 365 g/mol. The van der Waals surface area contributed by atoms with Crippen LogP contribution in [0.4, 0.5) is 5.69 Å². The highest BCUT2D eigenvalue weighted by Crippen LogP contribution is 2.22. The first-order valence-electron chi connectivity index (χ1n) is 7.63. The Morgan fingerprint density at radius 3 is 2.46 bits per heavy atom. The number of hydrogen-bond donors (Lipinski definition) is 1. The van der Waals surface area contributed by atoms with Gasteiger partial charge < -0.3 is 15.0 Å². The molecule has 1 aliphatic heterocycles. The fraction of sp³-hybridized carbons (Fsp3) is 0.294. The molecule has 0 unspecified atom stereocenters. The van der Waals surface area contributed by atoms with E-state index in [2.05, 4.69) is 5.32 Å². The van der Waals surface area contributed by atoms with Gasteiger partial charge in [-0.2, -0.15) is 0 Å². The van der Waals surface area contributed by atoms with Crippen molar-refractivity contribution in [2.24, 2.45) is 0 Å². The number of rotatable bonds is 4. The van der Waals surface area contributed by atoms with Crippen LogP contribution in [0.15, 0.2) is 36.4 Å². The molecule has 0 aliphatic carbocycles. The van der Waals surface area contributed by atoms with Crippen molar-refractivity contribution in [1.82, 2.24) is 4.90 Å². The number of anilines is 1. The van der Waals surface area contributed by atoms with Crippen LogP contribution in [0.25, 0.3) is 0 Å². The highest BCUT2D eigenvalue weighted by Gasteiger charge is 2.17. The van der Waals surface area contributed by atoms with E-state index in [0.717, 1.165) is 5.56 Å². The van der Waals surface area contributed by atoms with Gasteiger partial charge in [-0.1, -0.05) is 23.7 Å². The maximum Gasteiger partial charge on any atom is 0.265 e. The van der Waals surface area contributed by atoms with Crippen LogP contribution in [0.2, 0.25) is 4.34 Å². The topological polar surface area (TPSA) is 58.6 Å². The smallest absolute Gasteiger partial charge is 0.265 e. The van der Waals surface area contributed by atoms with Crippen LogP contribution < -0.4 is 5.32 Å². The number of benzene rings is 1. The predicted molar refractivity (Wildman–Crippen MR) is 94.8 cm³/mol. The van der Waals surface area contributed by atoms with Gasteiger partial charge in [0, 0.05) is 18.8 Å². The third-order valence-electron chi connectivity index (χ3n) is 3.73. The molecule has 24 heavy (non-hydrogen) atoms. The van der Waals surface area contributed by atoms with Crippen molar-refractivity contribution in [1.29, 1.82) is 0 Å². The SMILES string of the molecule is O=C(Nc1ccc(CC(=O)N2CCOCC2)cc1)c1ccc(Cl)s1. The number of halogens is 1. The molecule has 2 heterocycles. The zero-order chi connectivity index (χ0) is 16.9. The largest absolute Gasteiger partial charge is 0.378 e. The van der Waals surface area contributed by atoms with E-state index in [9.17, 15) is 9.59 Å². The lowest BCUT2D eigenvalue weighted by Crippen LogP contribution is -2.41. The molecule has 0 bridgehead atoms. The Bertz CT molecular complexity index is 724. The molecule has 0 atom stereocenters. The molecule has 2 amide bonds. The second kappa shape index (κ2) is 7.79. The normalized spacial score (nSPS) is 14.5. The van der Waals surface area contributed by atoms with Crippen LogP contribution in [-0.2, 0) is 16.0 Å². The Hall–Kier alpha value is -1.89.